The second-order valence-electron chi connectivity index (χ2n) is 20.9. The van der Waals surface area contributed by atoms with Crippen LogP contribution in [0.4, 0.5) is 0 Å². The van der Waals surface area contributed by atoms with Gasteiger partial charge in [-0.2, -0.15) is 0 Å². The summed E-state index contributed by atoms with van der Waals surface area (Å²) in [6.45, 7) is 13.2. The number of allylic oxidation sites excluding steroid dienone is 2. The smallest absolute Gasteiger partial charge is 0.312 e. The molecule has 5 aliphatic carbocycles. The first-order valence-electron chi connectivity index (χ1n) is 22.2. The molecule has 1 aromatic carbocycles. The Morgan fingerprint density at radius 3 is 2.28 bits per heavy atom. The molecule has 326 valence electrons. The van der Waals surface area contributed by atoms with Crippen LogP contribution >= 0.6 is 0 Å². The van der Waals surface area contributed by atoms with E-state index < -0.39 is 76.5 Å². The van der Waals surface area contributed by atoms with Crippen molar-refractivity contribution in [3.63, 3.8) is 0 Å². The summed E-state index contributed by atoms with van der Waals surface area (Å²) in [6.07, 6.45) is 2.63. The molecule has 0 amide bonds. The Labute approximate surface area is 345 Å². The van der Waals surface area contributed by atoms with Crippen molar-refractivity contribution in [2.45, 2.75) is 162 Å². The molecule has 7 rings (SSSR count). The molecule has 6 aliphatic rings. The van der Waals surface area contributed by atoms with E-state index in [4.69, 9.17) is 14.2 Å². The van der Waals surface area contributed by atoms with Crippen LogP contribution < -0.4 is 0 Å². The predicted molar refractivity (Wildman–Crippen MR) is 217 cm³/mol. The Hall–Kier alpha value is -1.93. The third kappa shape index (κ3) is 6.67. The second-order valence-corrected chi connectivity index (χ2v) is 20.9. The van der Waals surface area contributed by atoms with Crippen molar-refractivity contribution in [1.82, 2.24) is 0 Å². The van der Waals surface area contributed by atoms with Crippen LogP contribution in [0, 0.1) is 56.2 Å². The van der Waals surface area contributed by atoms with E-state index >= 15 is 0 Å². The number of unbranched alkanes of at least 4 members (excludes halogenated alkanes) is 2. The number of rotatable bonds is 12. The van der Waals surface area contributed by atoms with Gasteiger partial charge in [0.05, 0.1) is 38.1 Å². The lowest BCUT2D eigenvalue weighted by Gasteiger charge is -2.73. The minimum Gasteiger partial charge on any atom is -0.481 e. The lowest BCUT2D eigenvalue weighted by Crippen LogP contribution is -2.71. The second kappa shape index (κ2) is 16.1. The van der Waals surface area contributed by atoms with Crippen molar-refractivity contribution < 1.29 is 54.8 Å². The molecule has 7 N–H and O–H groups in total. The van der Waals surface area contributed by atoms with Gasteiger partial charge >= 0.3 is 5.97 Å². The summed E-state index contributed by atoms with van der Waals surface area (Å²) in [5.74, 6) is -1.24. The van der Waals surface area contributed by atoms with Crippen LogP contribution in [0.2, 0.25) is 0 Å². The van der Waals surface area contributed by atoms with E-state index in [1.165, 1.54) is 0 Å². The van der Waals surface area contributed by atoms with Crippen molar-refractivity contribution in [2.24, 2.45) is 56.2 Å². The van der Waals surface area contributed by atoms with Gasteiger partial charge in [-0.1, -0.05) is 103 Å². The standard InChI is InChI=1S/C47H72O11/c1-7-8-10-15-29-20-47(41(54)55)31(21-42(2,26-48)23-36(47)51)30-16-17-35-43(3)22-33(56-24-28-13-11-9-12-14-28)39(58-40-38(53)37(52)32(50)25-57-40)44(4,27-49)34(43)18-19-45(35,5)46(29,30)6/h9,11-14,16,29,31-40,48-53H,7-8,10,15,17-27H2,1-6H3,(H,54,55). The Balaban J connectivity index is 1.32. The van der Waals surface area contributed by atoms with E-state index in [0.717, 1.165) is 49.7 Å². The molecule has 58 heavy (non-hydrogen) atoms. The van der Waals surface area contributed by atoms with Crippen LogP contribution in [-0.4, -0.2) is 104 Å². The van der Waals surface area contributed by atoms with E-state index in [1.54, 1.807) is 0 Å². The minimum absolute atomic E-state index is 0.0134. The molecule has 5 fully saturated rings. The fraction of sp³-hybridized carbons (Fsp3) is 0.809. The van der Waals surface area contributed by atoms with Gasteiger partial charge in [0.1, 0.15) is 23.7 Å². The first-order valence-corrected chi connectivity index (χ1v) is 22.2. The van der Waals surface area contributed by atoms with Gasteiger partial charge in [0, 0.05) is 12.0 Å². The normalized spacial score (nSPS) is 48.8. The van der Waals surface area contributed by atoms with E-state index in [9.17, 15) is 40.5 Å². The van der Waals surface area contributed by atoms with Crippen LogP contribution in [0.1, 0.15) is 118 Å². The van der Waals surface area contributed by atoms with Gasteiger partial charge in [-0.05, 0) is 102 Å². The number of aliphatic carboxylic acids is 1. The lowest BCUT2D eigenvalue weighted by molar-refractivity contribution is -0.333. The first kappa shape index (κ1) is 44.1. The molecule has 0 spiro atoms. The van der Waals surface area contributed by atoms with Gasteiger partial charge < -0.3 is 50.0 Å². The molecule has 17 unspecified atom stereocenters. The molecule has 1 saturated heterocycles. The Morgan fingerprint density at radius 2 is 1.62 bits per heavy atom. The number of carboxylic acid groups (broad SMARTS) is 1. The van der Waals surface area contributed by atoms with Crippen molar-refractivity contribution in [3.8, 4) is 0 Å². The summed E-state index contributed by atoms with van der Waals surface area (Å²) in [4.78, 5) is 13.7. The summed E-state index contributed by atoms with van der Waals surface area (Å²) in [5, 5.41) is 77.3. The molecule has 0 radical (unpaired) electrons. The summed E-state index contributed by atoms with van der Waals surface area (Å²) < 4.78 is 19.4. The highest BCUT2D eigenvalue weighted by Gasteiger charge is 2.74. The zero-order valence-electron chi connectivity index (χ0n) is 35.7. The van der Waals surface area contributed by atoms with Crippen LogP contribution in [0.3, 0.4) is 0 Å². The molecule has 11 heteroatoms. The fourth-order valence-electron chi connectivity index (χ4n) is 14.5. The maximum Gasteiger partial charge on any atom is 0.312 e. The molecular weight excluding hydrogens is 741 g/mol. The molecule has 1 aliphatic heterocycles. The SMILES string of the molecule is CCCCCC1CC2(C(=O)O)C(O)CC(C)(CO)CC2C2=CCC3C4(C)CC(OCc5ccccc5)C(OC5OCC(O)C(O)C5O)C(C)(CO)C4CCC3(C)C21C. The monoisotopic (exact) mass is 813 g/mol. The number of ether oxygens (including phenoxy) is 3. The van der Waals surface area contributed by atoms with Crippen molar-refractivity contribution in [1.29, 1.82) is 0 Å². The zero-order chi connectivity index (χ0) is 42.1. The van der Waals surface area contributed by atoms with Crippen molar-refractivity contribution >= 4 is 5.97 Å². The molecule has 1 aromatic rings. The minimum atomic E-state index is -1.49. The van der Waals surface area contributed by atoms with E-state index in [2.05, 4.69) is 40.7 Å². The average Bonchev–Trinajstić information content (AvgIpc) is 3.19. The Kier molecular flexibility index (Phi) is 12.2. The van der Waals surface area contributed by atoms with Gasteiger partial charge in [-0.15, -0.1) is 0 Å². The summed E-state index contributed by atoms with van der Waals surface area (Å²) in [7, 11) is 0. The number of fused-ring (bicyclic) bond motifs is 7. The van der Waals surface area contributed by atoms with Crippen LogP contribution in [0.25, 0.3) is 0 Å². The number of carbonyl (C=O) groups is 1. The number of benzene rings is 1. The molecule has 0 bridgehead atoms. The van der Waals surface area contributed by atoms with Gasteiger partial charge in [-0.3, -0.25) is 4.79 Å². The largest absolute Gasteiger partial charge is 0.481 e. The maximum atomic E-state index is 13.7. The quantitative estimate of drug-likeness (QED) is 0.0790. The molecule has 4 saturated carbocycles. The highest BCUT2D eigenvalue weighted by Crippen LogP contribution is 2.77. The number of carboxylic acids is 1. The highest BCUT2D eigenvalue weighted by atomic mass is 16.7. The number of aliphatic hydroxyl groups is 6. The predicted octanol–water partition coefficient (Wildman–Crippen LogP) is 5.61. The van der Waals surface area contributed by atoms with Gasteiger partial charge in [0.25, 0.3) is 0 Å². The summed E-state index contributed by atoms with van der Waals surface area (Å²) >= 11 is 0. The number of hydrogen-bond acceptors (Lipinski definition) is 10. The zero-order valence-corrected chi connectivity index (χ0v) is 35.7. The molecule has 11 nitrogen and oxygen atoms in total. The van der Waals surface area contributed by atoms with Crippen molar-refractivity contribution in [2.75, 3.05) is 19.8 Å². The van der Waals surface area contributed by atoms with Crippen LogP contribution in [0.5, 0.6) is 0 Å². The molecule has 0 aromatic heterocycles. The van der Waals surface area contributed by atoms with Crippen LogP contribution in [0.15, 0.2) is 42.0 Å². The van der Waals surface area contributed by atoms with E-state index in [-0.39, 0.29) is 54.8 Å². The molecular formula is C47H72O11. The topological polar surface area (TPSA) is 186 Å². The fourth-order valence-corrected chi connectivity index (χ4v) is 14.5. The van der Waals surface area contributed by atoms with E-state index in [0.29, 0.717) is 32.3 Å². The molecule has 1 heterocycles. The average molecular weight is 813 g/mol. The Bertz CT molecular complexity index is 1660. The van der Waals surface area contributed by atoms with E-state index in [1.807, 2.05) is 37.3 Å². The summed E-state index contributed by atoms with van der Waals surface area (Å²) in [5.41, 5.74) is -1.68. The number of aliphatic hydroxyl groups excluding tert-OH is 6. The maximum absolute atomic E-state index is 13.7. The highest BCUT2D eigenvalue weighted by molar-refractivity contribution is 5.78. The third-order valence-electron chi connectivity index (χ3n) is 17.8. The molecule has 17 atom stereocenters. The first-order chi connectivity index (χ1) is 27.4. The van der Waals surface area contributed by atoms with Gasteiger partial charge in [-0.25, -0.2) is 0 Å². The third-order valence-corrected chi connectivity index (χ3v) is 17.8. The van der Waals surface area contributed by atoms with Crippen molar-refractivity contribution in [3.05, 3.63) is 47.5 Å². The van der Waals surface area contributed by atoms with Gasteiger partial charge in [0.15, 0.2) is 6.29 Å². The Morgan fingerprint density at radius 1 is 0.897 bits per heavy atom. The number of hydrogen-bond donors (Lipinski definition) is 7. The van der Waals surface area contributed by atoms with Gasteiger partial charge in [0.2, 0.25) is 0 Å². The lowest BCUT2D eigenvalue weighted by atomic mass is 9.31. The summed E-state index contributed by atoms with van der Waals surface area (Å²) in [6, 6.07) is 9.91. The van der Waals surface area contributed by atoms with Crippen LogP contribution in [-0.2, 0) is 25.6 Å².